The van der Waals surface area contributed by atoms with E-state index in [1.807, 2.05) is 12.1 Å². The zero-order chi connectivity index (χ0) is 18.9. The van der Waals surface area contributed by atoms with Crippen molar-refractivity contribution in [2.45, 2.75) is 44.2 Å². The van der Waals surface area contributed by atoms with Crippen molar-refractivity contribution >= 4 is 5.91 Å². The molecule has 1 unspecified atom stereocenters. The van der Waals surface area contributed by atoms with Crippen LogP contribution in [0.3, 0.4) is 0 Å². The van der Waals surface area contributed by atoms with Crippen molar-refractivity contribution in [3.8, 4) is 5.75 Å². The second kappa shape index (κ2) is 7.80. The number of hydrogen-bond acceptors (Lipinski definition) is 4. The van der Waals surface area contributed by atoms with Crippen molar-refractivity contribution in [1.82, 2.24) is 14.7 Å². The van der Waals surface area contributed by atoms with Gasteiger partial charge in [-0.25, -0.2) is 0 Å². The van der Waals surface area contributed by atoms with Crippen LogP contribution in [0.25, 0.3) is 0 Å². The molecule has 0 bridgehead atoms. The molecule has 3 fully saturated rings. The first-order valence-electron chi connectivity index (χ1n) is 10.4. The Morgan fingerprint density at radius 3 is 2.59 bits per heavy atom. The normalized spacial score (nSPS) is 27.8. The Kier molecular flexibility index (Phi) is 5.42. The van der Waals surface area contributed by atoms with Gasteiger partial charge in [0.05, 0.1) is 7.11 Å². The average molecular weight is 372 g/mol. The lowest BCUT2D eigenvalue weighted by molar-refractivity contribution is -0.131. The molecule has 5 heteroatoms. The van der Waals surface area contributed by atoms with Gasteiger partial charge in [-0.2, -0.15) is 0 Å². The molecule has 1 aliphatic carbocycles. The summed E-state index contributed by atoms with van der Waals surface area (Å²) in [5.74, 6) is 2.06. The van der Waals surface area contributed by atoms with Crippen molar-refractivity contribution in [1.29, 1.82) is 0 Å². The van der Waals surface area contributed by atoms with Gasteiger partial charge in [0, 0.05) is 51.2 Å². The van der Waals surface area contributed by atoms with Gasteiger partial charge < -0.3 is 9.64 Å². The van der Waals surface area contributed by atoms with Gasteiger partial charge in [0.15, 0.2) is 0 Å². The number of ether oxygens (including phenoxy) is 1. The summed E-state index contributed by atoms with van der Waals surface area (Å²) in [5.41, 5.74) is 1.47. The molecular formula is C22H33N3O2. The van der Waals surface area contributed by atoms with E-state index < -0.39 is 0 Å². The molecule has 0 aromatic heterocycles. The second-order valence-electron chi connectivity index (χ2n) is 8.74. The quantitative estimate of drug-likeness (QED) is 0.797. The summed E-state index contributed by atoms with van der Waals surface area (Å²) < 4.78 is 5.27. The van der Waals surface area contributed by atoms with E-state index in [0.717, 1.165) is 63.8 Å². The van der Waals surface area contributed by atoms with Crippen molar-refractivity contribution in [3.63, 3.8) is 0 Å². The number of hydrogen-bond donors (Lipinski definition) is 0. The predicted octanol–water partition coefficient (Wildman–Crippen LogP) is 2.60. The van der Waals surface area contributed by atoms with Crippen LogP contribution in [-0.4, -0.2) is 73.0 Å². The molecule has 0 N–H and O–H groups in total. The SMILES string of the molecule is COc1ccc(CN2CCN(C)C3(CCC(=O)N(CC4CC4)CC3)C2)cc1. The van der Waals surface area contributed by atoms with E-state index in [1.54, 1.807) is 7.11 Å². The summed E-state index contributed by atoms with van der Waals surface area (Å²) in [4.78, 5) is 19.9. The Bertz CT molecular complexity index is 658. The molecule has 0 radical (unpaired) electrons. The minimum atomic E-state index is 0.138. The summed E-state index contributed by atoms with van der Waals surface area (Å²) in [6.45, 7) is 6.11. The van der Waals surface area contributed by atoms with E-state index in [9.17, 15) is 4.79 Å². The molecule has 4 rings (SSSR count). The van der Waals surface area contributed by atoms with Crippen LogP contribution < -0.4 is 4.74 Å². The largest absolute Gasteiger partial charge is 0.497 e. The lowest BCUT2D eigenvalue weighted by Crippen LogP contribution is -2.60. The summed E-state index contributed by atoms with van der Waals surface area (Å²) in [7, 11) is 3.96. The summed E-state index contributed by atoms with van der Waals surface area (Å²) in [5, 5.41) is 0. The fourth-order valence-corrected chi connectivity index (χ4v) is 4.70. The molecule has 5 nitrogen and oxygen atoms in total. The van der Waals surface area contributed by atoms with Gasteiger partial charge in [0.1, 0.15) is 5.75 Å². The highest BCUT2D eigenvalue weighted by molar-refractivity contribution is 5.76. The van der Waals surface area contributed by atoms with Crippen LogP contribution >= 0.6 is 0 Å². The number of amides is 1. The van der Waals surface area contributed by atoms with Crippen LogP contribution in [-0.2, 0) is 11.3 Å². The molecule has 1 aromatic carbocycles. The number of rotatable bonds is 5. The Balaban J connectivity index is 1.42. The monoisotopic (exact) mass is 371 g/mol. The number of nitrogens with zero attached hydrogens (tertiary/aromatic N) is 3. The smallest absolute Gasteiger partial charge is 0.222 e. The molecule has 1 aromatic rings. The second-order valence-corrected chi connectivity index (χ2v) is 8.74. The maximum atomic E-state index is 12.6. The molecule has 2 heterocycles. The van der Waals surface area contributed by atoms with E-state index in [4.69, 9.17) is 4.74 Å². The third-order valence-electron chi connectivity index (χ3n) is 6.82. The maximum absolute atomic E-state index is 12.6. The van der Waals surface area contributed by atoms with Crippen molar-refractivity contribution in [2.75, 3.05) is 46.9 Å². The fraction of sp³-hybridized carbons (Fsp3) is 0.682. The van der Waals surface area contributed by atoms with Crippen LogP contribution in [0.15, 0.2) is 24.3 Å². The standard InChI is InChI=1S/C22H33N3O2/c1-23-13-14-24(15-18-5-7-20(27-2)8-6-18)17-22(23)10-9-21(26)25(12-11-22)16-19-3-4-19/h5-8,19H,3-4,9-17H2,1-2H3. The van der Waals surface area contributed by atoms with Gasteiger partial charge in [-0.05, 0) is 56.3 Å². The van der Waals surface area contributed by atoms with Gasteiger partial charge in [-0.3, -0.25) is 14.6 Å². The Morgan fingerprint density at radius 1 is 1.11 bits per heavy atom. The van der Waals surface area contributed by atoms with Crippen LogP contribution in [0.2, 0.25) is 0 Å². The van der Waals surface area contributed by atoms with Gasteiger partial charge in [0.25, 0.3) is 0 Å². The van der Waals surface area contributed by atoms with E-state index in [0.29, 0.717) is 12.3 Å². The van der Waals surface area contributed by atoms with Gasteiger partial charge in [-0.1, -0.05) is 12.1 Å². The van der Waals surface area contributed by atoms with Crippen molar-refractivity contribution in [3.05, 3.63) is 29.8 Å². The maximum Gasteiger partial charge on any atom is 0.222 e. The van der Waals surface area contributed by atoms with Gasteiger partial charge in [-0.15, -0.1) is 0 Å². The Hall–Kier alpha value is -1.59. The van der Waals surface area contributed by atoms with Gasteiger partial charge >= 0.3 is 0 Å². The molecule has 1 saturated carbocycles. The fourth-order valence-electron chi connectivity index (χ4n) is 4.70. The lowest BCUT2D eigenvalue weighted by Gasteiger charge is -2.49. The topological polar surface area (TPSA) is 36.0 Å². The molecule has 27 heavy (non-hydrogen) atoms. The molecule has 1 atom stereocenters. The molecule has 3 aliphatic rings. The number of methoxy groups -OCH3 is 1. The number of benzene rings is 1. The molecule has 1 spiro atoms. The highest BCUT2D eigenvalue weighted by atomic mass is 16.5. The van der Waals surface area contributed by atoms with Crippen LogP contribution in [0, 0.1) is 5.92 Å². The lowest BCUT2D eigenvalue weighted by atomic mass is 9.86. The number of likely N-dealkylation sites (N-methyl/N-ethyl adjacent to an activating group) is 1. The minimum Gasteiger partial charge on any atom is -0.497 e. The number of likely N-dealkylation sites (tertiary alicyclic amines) is 1. The third-order valence-corrected chi connectivity index (χ3v) is 6.82. The van der Waals surface area contributed by atoms with E-state index in [2.05, 4.69) is 33.9 Å². The summed E-state index contributed by atoms with van der Waals surface area (Å²) in [6, 6.07) is 8.41. The van der Waals surface area contributed by atoms with Crippen LogP contribution in [0.4, 0.5) is 0 Å². The summed E-state index contributed by atoms with van der Waals surface area (Å²) >= 11 is 0. The van der Waals surface area contributed by atoms with Crippen molar-refractivity contribution in [2.24, 2.45) is 5.92 Å². The minimum absolute atomic E-state index is 0.138. The summed E-state index contributed by atoms with van der Waals surface area (Å²) in [6.07, 6.45) is 5.41. The van der Waals surface area contributed by atoms with Crippen LogP contribution in [0.1, 0.15) is 37.7 Å². The molecule has 148 valence electrons. The highest BCUT2D eigenvalue weighted by Crippen LogP contribution is 2.35. The highest BCUT2D eigenvalue weighted by Gasteiger charge is 2.42. The first kappa shape index (κ1) is 18.8. The van der Waals surface area contributed by atoms with Gasteiger partial charge in [0.2, 0.25) is 5.91 Å². The number of carbonyl (C=O) groups is 1. The number of carbonyl (C=O) groups excluding carboxylic acids is 1. The first-order chi connectivity index (χ1) is 13.1. The Morgan fingerprint density at radius 2 is 1.89 bits per heavy atom. The van der Waals surface area contributed by atoms with Crippen LogP contribution in [0.5, 0.6) is 5.75 Å². The molecule has 2 saturated heterocycles. The average Bonchev–Trinajstić information content (AvgIpc) is 3.51. The van der Waals surface area contributed by atoms with E-state index >= 15 is 0 Å². The van der Waals surface area contributed by atoms with E-state index in [1.165, 1.54) is 18.4 Å². The van der Waals surface area contributed by atoms with Crippen molar-refractivity contribution < 1.29 is 9.53 Å². The number of piperazine rings is 1. The predicted molar refractivity (Wildman–Crippen MR) is 107 cm³/mol. The van der Waals surface area contributed by atoms with E-state index in [-0.39, 0.29) is 5.54 Å². The Labute approximate surface area is 163 Å². The molecule has 2 aliphatic heterocycles. The molecule has 1 amide bonds. The molecular weight excluding hydrogens is 338 g/mol. The zero-order valence-corrected chi connectivity index (χ0v) is 16.8. The first-order valence-corrected chi connectivity index (χ1v) is 10.4. The third kappa shape index (κ3) is 4.30. The zero-order valence-electron chi connectivity index (χ0n) is 16.8.